The van der Waals surface area contributed by atoms with Gasteiger partial charge in [-0.2, -0.15) is 4.57 Å². The number of nitrogen functional groups attached to an aromatic ring is 1. The molecule has 2 unspecified atom stereocenters. The van der Waals surface area contributed by atoms with E-state index in [1.165, 1.54) is 28.9 Å². The third-order valence-corrected chi connectivity index (χ3v) is 12.1. The lowest BCUT2D eigenvalue weighted by atomic mass is 10.0. The van der Waals surface area contributed by atoms with Crippen molar-refractivity contribution in [3.8, 4) is 12.3 Å². The molecule has 2 aromatic heterocycles. The van der Waals surface area contributed by atoms with Gasteiger partial charge in [-0.1, -0.05) is 11.1 Å². The summed E-state index contributed by atoms with van der Waals surface area (Å²) in [4.78, 5) is 52.2. The Kier molecular flexibility index (Phi) is 9.61. The number of nitrogens with one attached hydrogen (secondary N) is 2. The standard InChI is InChI=1S/C33H33FN8O5S3/c1-3-10-47-39-26(22-16-50-33(35)37-22)29(43)38-27-30(44)42-28(32(45)46)18(15-49-31(27)42)14-48-25-6-8-41(19-4-5-19)23-12-24(21(34)11-20(23)25)40-9-7-36-13-17(40)2/h1,6,8,11-12,16-17,19,27,31,36H,4-5,7,9-10,13-15H2,2H3,(H3-,35,37,38,43,45,46)/b39-26-/t17?,27?,31-/m1/s1. The Morgan fingerprint density at radius 3 is 2.90 bits per heavy atom. The minimum atomic E-state index is -1.49. The minimum Gasteiger partial charge on any atom is -0.543 e. The highest BCUT2D eigenvalue weighted by Crippen LogP contribution is 2.42. The number of nitrogens with zero attached hydrogens (tertiary/aromatic N) is 5. The number of thioether (sulfide) groups is 2. The largest absolute Gasteiger partial charge is 0.543 e. The molecule has 2 saturated heterocycles. The number of thiazole rings is 1. The fourth-order valence-electron chi connectivity index (χ4n) is 6.39. The van der Waals surface area contributed by atoms with Crippen LogP contribution in [0.1, 0.15) is 31.5 Å². The second-order valence-corrected chi connectivity index (χ2v) is 15.3. The van der Waals surface area contributed by atoms with Crippen LogP contribution in [0.4, 0.5) is 15.2 Å². The van der Waals surface area contributed by atoms with Gasteiger partial charge in [-0.05, 0) is 18.6 Å². The van der Waals surface area contributed by atoms with Gasteiger partial charge in [0.2, 0.25) is 5.52 Å². The maximum Gasteiger partial charge on any atom is 0.276 e. The van der Waals surface area contributed by atoms with Crippen LogP contribution >= 0.6 is 34.9 Å². The van der Waals surface area contributed by atoms with Gasteiger partial charge in [0.1, 0.15) is 22.9 Å². The molecular weight excluding hydrogens is 704 g/mol. The normalized spacial score (nSPS) is 22.2. The van der Waals surface area contributed by atoms with Crippen molar-refractivity contribution in [3.05, 3.63) is 52.6 Å². The van der Waals surface area contributed by atoms with Crippen LogP contribution in [0.5, 0.6) is 0 Å². The van der Waals surface area contributed by atoms with Crippen LogP contribution in [0.15, 0.2) is 51.1 Å². The molecule has 0 bridgehead atoms. The summed E-state index contributed by atoms with van der Waals surface area (Å²) in [6.07, 6.45) is 9.35. The van der Waals surface area contributed by atoms with E-state index in [-0.39, 0.29) is 52.2 Å². The summed E-state index contributed by atoms with van der Waals surface area (Å²) in [6, 6.07) is 4.94. The van der Waals surface area contributed by atoms with E-state index in [2.05, 4.69) is 43.1 Å². The first-order chi connectivity index (χ1) is 24.2. The number of anilines is 2. The van der Waals surface area contributed by atoms with Gasteiger partial charge in [-0.15, -0.1) is 41.3 Å². The third kappa shape index (κ3) is 6.48. The van der Waals surface area contributed by atoms with Gasteiger partial charge in [0.15, 0.2) is 29.7 Å². The Morgan fingerprint density at radius 1 is 1.38 bits per heavy atom. The summed E-state index contributed by atoms with van der Waals surface area (Å²) in [5.41, 5.74) is 7.42. The molecule has 1 aromatic carbocycles. The molecule has 4 N–H and O–H groups in total. The Hall–Kier alpha value is -4.37. The second kappa shape index (κ2) is 14.1. The van der Waals surface area contributed by atoms with E-state index in [1.54, 1.807) is 6.07 Å². The molecule has 50 heavy (non-hydrogen) atoms. The molecule has 7 rings (SSSR count). The summed E-state index contributed by atoms with van der Waals surface area (Å²) >= 11 is 3.81. The first-order valence-electron chi connectivity index (χ1n) is 16.0. The van der Waals surface area contributed by atoms with Crippen molar-refractivity contribution in [2.45, 2.75) is 48.2 Å². The molecule has 4 aliphatic rings. The number of piperazine rings is 1. The highest BCUT2D eigenvalue weighted by Gasteiger charge is 2.53. The Morgan fingerprint density at radius 2 is 2.20 bits per heavy atom. The Labute approximate surface area is 299 Å². The molecule has 1 saturated carbocycles. The number of hydrogen-bond acceptors (Lipinski definition) is 13. The number of carbonyl (C=O) groups is 3. The molecule has 3 aromatic rings. The average Bonchev–Trinajstić information content (AvgIpc) is 3.86. The number of halogens is 1. The van der Waals surface area contributed by atoms with Crippen molar-refractivity contribution in [2.24, 2.45) is 5.16 Å². The monoisotopic (exact) mass is 736 g/mol. The van der Waals surface area contributed by atoms with Crippen LogP contribution in [0.2, 0.25) is 0 Å². The molecule has 5 heterocycles. The third-order valence-electron chi connectivity index (χ3n) is 8.96. The van der Waals surface area contributed by atoms with Crippen LogP contribution < -0.4 is 30.9 Å². The molecule has 3 aliphatic heterocycles. The summed E-state index contributed by atoms with van der Waals surface area (Å²) in [7, 11) is 0. The average molecular weight is 737 g/mol. The number of rotatable bonds is 11. The fourth-order valence-corrected chi connectivity index (χ4v) is 9.46. The summed E-state index contributed by atoms with van der Waals surface area (Å²) in [5.74, 6) is -0.399. The maximum absolute atomic E-state index is 15.8. The van der Waals surface area contributed by atoms with Crippen molar-refractivity contribution in [3.63, 3.8) is 0 Å². The summed E-state index contributed by atoms with van der Waals surface area (Å²) < 4.78 is 18.0. The number of carboxylic acids is 1. The number of aromatic nitrogens is 2. The van der Waals surface area contributed by atoms with Gasteiger partial charge in [0.25, 0.3) is 11.8 Å². The van der Waals surface area contributed by atoms with Crippen LogP contribution in [0, 0.1) is 18.2 Å². The number of amides is 2. The zero-order valence-electron chi connectivity index (χ0n) is 26.9. The number of oxime groups is 1. The lowest BCUT2D eigenvalue weighted by Crippen LogP contribution is -2.71. The van der Waals surface area contributed by atoms with E-state index in [4.69, 9.17) is 17.0 Å². The van der Waals surface area contributed by atoms with Gasteiger partial charge < -0.3 is 36.0 Å². The molecule has 3 atom stereocenters. The lowest BCUT2D eigenvalue weighted by molar-refractivity contribution is -0.675. The Balaban J connectivity index is 1.11. The van der Waals surface area contributed by atoms with E-state index in [0.717, 1.165) is 58.0 Å². The van der Waals surface area contributed by atoms with Crippen LogP contribution in [-0.4, -0.2) is 88.6 Å². The number of carboxylic acid groups (broad SMARTS) is 1. The van der Waals surface area contributed by atoms with E-state index in [9.17, 15) is 19.5 Å². The summed E-state index contributed by atoms with van der Waals surface area (Å²) in [6.45, 7) is 4.14. The smallest absolute Gasteiger partial charge is 0.276 e. The molecule has 3 fully saturated rings. The zero-order valence-corrected chi connectivity index (χ0v) is 29.3. The van der Waals surface area contributed by atoms with Crippen molar-refractivity contribution in [1.82, 2.24) is 20.5 Å². The van der Waals surface area contributed by atoms with Gasteiger partial charge in [-0.25, -0.2) is 9.37 Å². The molecule has 13 nitrogen and oxygen atoms in total. The van der Waals surface area contributed by atoms with Crippen LogP contribution in [0.25, 0.3) is 10.9 Å². The second-order valence-electron chi connectivity index (χ2n) is 12.3. The minimum absolute atomic E-state index is 0.141. The van der Waals surface area contributed by atoms with Gasteiger partial charge >= 0.3 is 0 Å². The van der Waals surface area contributed by atoms with Gasteiger partial charge in [0.05, 0.1) is 22.7 Å². The number of β-lactam (4-membered cyclic amide) rings is 1. The molecule has 260 valence electrons. The number of pyridine rings is 1. The molecule has 0 radical (unpaired) electrons. The van der Waals surface area contributed by atoms with Crippen LogP contribution in [-0.2, 0) is 19.2 Å². The number of benzene rings is 1. The molecule has 17 heteroatoms. The van der Waals surface area contributed by atoms with Gasteiger partial charge in [0, 0.05) is 72.4 Å². The SMILES string of the molecule is C#CCO/N=C(\C(=O)NC1C(=O)N2C(C(=O)[O-])=C(CSc3cc[n+](C4CC4)c4cc(N5CCNCC5C)c(F)cc34)CS[C@H]12)c1csc(N)n1. The van der Waals surface area contributed by atoms with E-state index < -0.39 is 29.2 Å². The number of carbonyl (C=O) groups excluding carboxylic acids is 3. The predicted octanol–water partition coefficient (Wildman–Crippen LogP) is 0.988. The maximum atomic E-state index is 15.8. The quantitative estimate of drug-likeness (QED) is 0.0489. The van der Waals surface area contributed by atoms with Crippen molar-refractivity contribution < 1.29 is 33.3 Å². The Bertz CT molecular complexity index is 1990. The predicted molar refractivity (Wildman–Crippen MR) is 188 cm³/mol. The van der Waals surface area contributed by atoms with Crippen molar-refractivity contribution >= 4 is 80.1 Å². The van der Waals surface area contributed by atoms with E-state index >= 15 is 4.39 Å². The number of fused-ring (bicyclic) bond motifs is 2. The molecular formula is C33H33FN8O5S3. The number of hydrogen-bond donors (Lipinski definition) is 3. The van der Waals surface area contributed by atoms with E-state index in [0.29, 0.717) is 23.8 Å². The lowest BCUT2D eigenvalue weighted by Gasteiger charge is -2.50. The topological polar surface area (TPSA) is 169 Å². The highest BCUT2D eigenvalue weighted by molar-refractivity contribution is 8.01. The molecule has 0 spiro atoms. The first kappa shape index (κ1) is 34.1. The first-order valence-corrected chi connectivity index (χ1v) is 18.9. The number of nitrogens with two attached hydrogens (primary N) is 1. The van der Waals surface area contributed by atoms with Gasteiger partial charge in [-0.3, -0.25) is 14.5 Å². The highest BCUT2D eigenvalue weighted by atomic mass is 32.2. The molecule has 1 aliphatic carbocycles. The number of aliphatic carboxylic acids is 1. The fraction of sp³-hybridized carbons (Fsp3) is 0.394. The molecule has 2 amide bonds. The zero-order chi connectivity index (χ0) is 35.1. The van der Waals surface area contributed by atoms with E-state index in [1.807, 2.05) is 18.3 Å². The summed E-state index contributed by atoms with van der Waals surface area (Å²) in [5, 5.41) is 24.0. The van der Waals surface area contributed by atoms with Crippen molar-refractivity contribution in [2.75, 3.05) is 48.4 Å². The number of terminal acetylenes is 1. The van der Waals surface area contributed by atoms with Crippen molar-refractivity contribution in [1.29, 1.82) is 0 Å². The van der Waals surface area contributed by atoms with Crippen LogP contribution in [0.3, 0.4) is 0 Å².